The van der Waals surface area contributed by atoms with Gasteiger partial charge in [0.25, 0.3) is 11.8 Å². The highest BCUT2D eigenvalue weighted by molar-refractivity contribution is 7.15. The Balaban J connectivity index is 1.80. The lowest BCUT2D eigenvalue weighted by Crippen LogP contribution is -2.17. The Hall–Kier alpha value is -3.50. The van der Waals surface area contributed by atoms with Gasteiger partial charge in [-0.15, -0.1) is 11.3 Å². The summed E-state index contributed by atoms with van der Waals surface area (Å²) in [6.07, 6.45) is 1.62. The molecule has 1 heterocycles. The quantitative estimate of drug-likeness (QED) is 0.605. The lowest BCUT2D eigenvalue weighted by Gasteiger charge is -2.16. The summed E-state index contributed by atoms with van der Waals surface area (Å²) in [5.41, 5.74) is 2.30. The number of amides is 2. The average molecular weight is 419 g/mol. The predicted molar refractivity (Wildman–Crippen MR) is 119 cm³/mol. The van der Waals surface area contributed by atoms with E-state index in [0.717, 1.165) is 16.1 Å². The molecule has 2 aromatic carbocycles. The van der Waals surface area contributed by atoms with Gasteiger partial charge in [0.2, 0.25) is 0 Å². The number of carbonyl (C=O) groups excluding carboxylic acids is 2. The summed E-state index contributed by atoms with van der Waals surface area (Å²) in [5, 5.41) is 16.5. The molecule has 0 spiro atoms. The molecule has 152 valence electrons. The molecular formula is C23H22N4O2S. The first-order valence-electron chi connectivity index (χ1n) is 9.37. The second kappa shape index (κ2) is 8.47. The van der Waals surface area contributed by atoms with Crippen LogP contribution in [0.3, 0.4) is 0 Å². The van der Waals surface area contributed by atoms with E-state index in [-0.39, 0.29) is 11.8 Å². The van der Waals surface area contributed by atoms with Crippen LogP contribution < -0.4 is 10.6 Å². The van der Waals surface area contributed by atoms with Crippen LogP contribution in [0.5, 0.6) is 0 Å². The monoisotopic (exact) mass is 418 g/mol. The highest BCUT2D eigenvalue weighted by Crippen LogP contribution is 2.24. The Morgan fingerprint density at radius 3 is 2.50 bits per heavy atom. The van der Waals surface area contributed by atoms with E-state index in [1.807, 2.05) is 19.9 Å². The normalized spacial score (nSPS) is 10.9. The molecule has 7 heteroatoms. The number of hydrogen-bond acceptors (Lipinski definition) is 5. The number of aryl methyl sites for hydroxylation is 2. The minimum atomic E-state index is -0.694. The van der Waals surface area contributed by atoms with Crippen LogP contribution in [0.25, 0.3) is 0 Å². The predicted octanol–water partition coefficient (Wildman–Crippen LogP) is 5.07. The van der Waals surface area contributed by atoms with Crippen LogP contribution in [0, 0.1) is 25.2 Å². The summed E-state index contributed by atoms with van der Waals surface area (Å²) < 4.78 is 0. The Morgan fingerprint density at radius 1 is 1.07 bits per heavy atom. The van der Waals surface area contributed by atoms with Gasteiger partial charge in [-0.25, -0.2) is 4.98 Å². The van der Waals surface area contributed by atoms with Gasteiger partial charge < -0.3 is 10.6 Å². The van der Waals surface area contributed by atoms with Crippen LogP contribution in [0.1, 0.15) is 50.7 Å². The van der Waals surface area contributed by atoms with Crippen molar-refractivity contribution in [3.8, 4) is 6.07 Å². The molecule has 30 heavy (non-hydrogen) atoms. The van der Waals surface area contributed by atoms with Crippen LogP contribution >= 0.6 is 11.3 Å². The number of carbonyl (C=O) groups is 2. The van der Waals surface area contributed by atoms with Crippen molar-refractivity contribution in [1.29, 1.82) is 5.26 Å². The van der Waals surface area contributed by atoms with Crippen LogP contribution in [0.15, 0.2) is 48.7 Å². The molecule has 0 aliphatic carbocycles. The summed E-state index contributed by atoms with van der Waals surface area (Å²) in [6.45, 7) is 7.32. The van der Waals surface area contributed by atoms with Crippen LogP contribution in [-0.2, 0) is 5.41 Å². The van der Waals surface area contributed by atoms with E-state index in [1.54, 1.807) is 56.4 Å². The van der Waals surface area contributed by atoms with Gasteiger partial charge in [0.05, 0.1) is 22.7 Å². The van der Waals surface area contributed by atoms with E-state index in [1.165, 1.54) is 11.3 Å². The summed E-state index contributed by atoms with van der Waals surface area (Å²) >= 11 is 1.40. The standard InChI is InChI=1S/C23H22N4O2S/c1-14-8-9-18(11-19(14)22(29)27-20-12-25-15(2)30-20)26-21(28)16-6-5-7-17(10-16)23(3,4)13-24/h5-12H,1-4H3,(H,26,28)(H,27,29). The fraction of sp³-hybridized carbons (Fsp3) is 0.217. The fourth-order valence-electron chi connectivity index (χ4n) is 2.86. The van der Waals surface area contributed by atoms with Crippen molar-refractivity contribution in [1.82, 2.24) is 4.98 Å². The van der Waals surface area contributed by atoms with E-state index in [0.29, 0.717) is 21.8 Å². The number of nitrogens with one attached hydrogen (secondary N) is 2. The van der Waals surface area contributed by atoms with Crippen LogP contribution in [0.2, 0.25) is 0 Å². The molecule has 0 unspecified atom stereocenters. The van der Waals surface area contributed by atoms with E-state index >= 15 is 0 Å². The minimum absolute atomic E-state index is 0.259. The van der Waals surface area contributed by atoms with Crippen molar-refractivity contribution in [2.75, 3.05) is 10.6 Å². The second-order valence-electron chi connectivity index (χ2n) is 7.50. The van der Waals surface area contributed by atoms with E-state index in [4.69, 9.17) is 0 Å². The molecule has 2 amide bonds. The molecule has 0 aliphatic heterocycles. The molecule has 0 saturated heterocycles. The molecular weight excluding hydrogens is 396 g/mol. The molecule has 3 rings (SSSR count). The lowest BCUT2D eigenvalue weighted by atomic mass is 9.85. The number of hydrogen-bond donors (Lipinski definition) is 2. The number of rotatable bonds is 5. The zero-order valence-electron chi connectivity index (χ0n) is 17.2. The molecule has 0 aliphatic rings. The number of benzene rings is 2. The van der Waals surface area contributed by atoms with Gasteiger partial charge >= 0.3 is 0 Å². The maximum atomic E-state index is 12.7. The van der Waals surface area contributed by atoms with Gasteiger partial charge in [-0.1, -0.05) is 18.2 Å². The Kier molecular flexibility index (Phi) is 5.99. The number of anilines is 2. The van der Waals surface area contributed by atoms with E-state index < -0.39 is 5.41 Å². The van der Waals surface area contributed by atoms with Crippen molar-refractivity contribution in [2.24, 2.45) is 0 Å². The highest BCUT2D eigenvalue weighted by atomic mass is 32.1. The average Bonchev–Trinajstić information content (AvgIpc) is 3.13. The third-order valence-corrected chi connectivity index (χ3v) is 5.55. The lowest BCUT2D eigenvalue weighted by molar-refractivity contribution is 0.101. The van der Waals surface area contributed by atoms with E-state index in [9.17, 15) is 14.9 Å². The molecule has 0 bridgehead atoms. The number of nitrogens with zero attached hydrogens (tertiary/aromatic N) is 2. The van der Waals surface area contributed by atoms with Crippen molar-refractivity contribution < 1.29 is 9.59 Å². The molecule has 0 atom stereocenters. The third-order valence-electron chi connectivity index (χ3n) is 4.72. The van der Waals surface area contributed by atoms with Crippen LogP contribution in [0.4, 0.5) is 10.7 Å². The van der Waals surface area contributed by atoms with Gasteiger partial charge in [-0.2, -0.15) is 5.26 Å². The minimum Gasteiger partial charge on any atom is -0.322 e. The molecule has 6 nitrogen and oxygen atoms in total. The zero-order chi connectivity index (χ0) is 21.9. The van der Waals surface area contributed by atoms with Crippen LogP contribution in [-0.4, -0.2) is 16.8 Å². The first-order valence-corrected chi connectivity index (χ1v) is 10.2. The van der Waals surface area contributed by atoms with E-state index in [2.05, 4.69) is 21.7 Å². The zero-order valence-corrected chi connectivity index (χ0v) is 18.1. The van der Waals surface area contributed by atoms with Crippen molar-refractivity contribution in [2.45, 2.75) is 33.1 Å². The Bertz CT molecular complexity index is 1160. The van der Waals surface area contributed by atoms with Gasteiger partial charge in [-0.3, -0.25) is 9.59 Å². The molecule has 3 aromatic rings. The molecule has 0 radical (unpaired) electrons. The largest absolute Gasteiger partial charge is 0.322 e. The Morgan fingerprint density at radius 2 is 1.83 bits per heavy atom. The summed E-state index contributed by atoms with van der Waals surface area (Å²) in [5.74, 6) is -0.566. The van der Waals surface area contributed by atoms with Crippen molar-refractivity contribution >= 4 is 33.8 Å². The topological polar surface area (TPSA) is 94.9 Å². The second-order valence-corrected chi connectivity index (χ2v) is 8.73. The maximum Gasteiger partial charge on any atom is 0.256 e. The van der Waals surface area contributed by atoms with Crippen molar-refractivity contribution in [3.05, 3.63) is 75.9 Å². The Labute approximate surface area is 179 Å². The molecule has 2 N–H and O–H groups in total. The molecule has 0 saturated carbocycles. The van der Waals surface area contributed by atoms with Gasteiger partial charge in [0.1, 0.15) is 5.00 Å². The first-order chi connectivity index (χ1) is 14.2. The third kappa shape index (κ3) is 4.73. The number of aromatic nitrogens is 1. The number of nitriles is 1. The SMILES string of the molecule is Cc1ncc(NC(=O)c2cc(NC(=O)c3cccc(C(C)(C)C#N)c3)ccc2C)s1. The summed E-state index contributed by atoms with van der Waals surface area (Å²) in [4.78, 5) is 29.5. The van der Waals surface area contributed by atoms with Crippen molar-refractivity contribution in [3.63, 3.8) is 0 Å². The molecule has 0 fully saturated rings. The fourth-order valence-corrected chi connectivity index (χ4v) is 3.53. The van der Waals surface area contributed by atoms with Gasteiger partial charge in [0, 0.05) is 16.8 Å². The summed E-state index contributed by atoms with van der Waals surface area (Å²) in [6, 6.07) is 14.4. The first kappa shape index (κ1) is 21.2. The highest BCUT2D eigenvalue weighted by Gasteiger charge is 2.21. The van der Waals surface area contributed by atoms with Gasteiger partial charge in [-0.05, 0) is 63.1 Å². The summed E-state index contributed by atoms with van der Waals surface area (Å²) in [7, 11) is 0. The smallest absolute Gasteiger partial charge is 0.256 e. The molecule has 1 aromatic heterocycles. The number of thiazole rings is 1. The van der Waals surface area contributed by atoms with Gasteiger partial charge in [0.15, 0.2) is 0 Å². The maximum absolute atomic E-state index is 12.7.